The van der Waals surface area contributed by atoms with Crippen molar-refractivity contribution in [2.45, 2.75) is 57.1 Å². The van der Waals surface area contributed by atoms with Crippen LogP contribution in [0, 0.1) is 12.8 Å². The fourth-order valence-electron chi connectivity index (χ4n) is 5.34. The van der Waals surface area contributed by atoms with Crippen molar-refractivity contribution in [3.63, 3.8) is 0 Å². The molecule has 202 valence electrons. The highest BCUT2D eigenvalue weighted by Gasteiger charge is 2.54. The standard InChI is InChI=1S/C28H30F3N3O4/c1-18-5-2-3-8-22(18)26(37)34-23(24(35)32-16-19-6-4-7-21(15-19)28(29,30)31)17-38-27(34)11-13-33(14-12-27)25(36)20-9-10-20/h2-8,15,20,23H,9-14,16-17H2,1H3,(H,32,35)/t23-/m1/s1. The third-order valence-electron chi connectivity index (χ3n) is 7.66. The van der Waals surface area contributed by atoms with E-state index in [0.29, 0.717) is 37.1 Å². The first-order valence-corrected chi connectivity index (χ1v) is 12.8. The zero-order chi connectivity index (χ0) is 27.1. The Morgan fingerprint density at radius 1 is 1.05 bits per heavy atom. The Bertz CT molecular complexity index is 1240. The van der Waals surface area contributed by atoms with Crippen LogP contribution in [0.4, 0.5) is 13.2 Å². The van der Waals surface area contributed by atoms with Crippen molar-refractivity contribution in [2.75, 3.05) is 19.7 Å². The molecule has 3 amide bonds. The molecule has 1 atom stereocenters. The first-order valence-electron chi connectivity index (χ1n) is 12.8. The van der Waals surface area contributed by atoms with Crippen LogP contribution in [-0.4, -0.2) is 59.0 Å². The largest absolute Gasteiger partial charge is 0.416 e. The van der Waals surface area contributed by atoms with Crippen LogP contribution >= 0.6 is 0 Å². The molecule has 1 N–H and O–H groups in total. The van der Waals surface area contributed by atoms with E-state index in [2.05, 4.69) is 5.32 Å². The topological polar surface area (TPSA) is 79.0 Å². The molecule has 5 rings (SSSR count). The van der Waals surface area contributed by atoms with Crippen LogP contribution < -0.4 is 5.32 Å². The van der Waals surface area contributed by atoms with Crippen LogP contribution in [-0.2, 0) is 27.0 Å². The number of alkyl halides is 3. The summed E-state index contributed by atoms with van der Waals surface area (Å²) in [5.74, 6) is -0.628. The molecular formula is C28H30F3N3O4. The molecule has 3 aliphatic rings. The Kier molecular flexibility index (Phi) is 6.94. The number of benzene rings is 2. The number of carbonyl (C=O) groups excluding carboxylic acids is 3. The van der Waals surface area contributed by atoms with E-state index in [0.717, 1.165) is 30.5 Å². The molecule has 0 unspecified atom stereocenters. The smallest absolute Gasteiger partial charge is 0.353 e. The SMILES string of the molecule is Cc1ccccc1C(=O)N1[C@@H](C(=O)NCc2cccc(C(F)(F)F)c2)COC12CCN(C(=O)C1CC1)CC2. The number of amides is 3. The van der Waals surface area contributed by atoms with Crippen molar-refractivity contribution < 1.29 is 32.3 Å². The minimum absolute atomic E-state index is 0.0391. The lowest BCUT2D eigenvalue weighted by Gasteiger charge is -2.44. The molecule has 7 nitrogen and oxygen atoms in total. The zero-order valence-electron chi connectivity index (χ0n) is 21.1. The van der Waals surface area contributed by atoms with Crippen LogP contribution in [0.1, 0.15) is 52.7 Å². The lowest BCUT2D eigenvalue weighted by molar-refractivity contribution is -0.144. The summed E-state index contributed by atoms with van der Waals surface area (Å²) in [4.78, 5) is 43.1. The maximum absolute atomic E-state index is 13.9. The van der Waals surface area contributed by atoms with Gasteiger partial charge in [-0.15, -0.1) is 0 Å². The maximum Gasteiger partial charge on any atom is 0.416 e. The van der Waals surface area contributed by atoms with Gasteiger partial charge < -0.3 is 15.0 Å². The van der Waals surface area contributed by atoms with Crippen molar-refractivity contribution in [1.29, 1.82) is 0 Å². The third-order valence-corrected chi connectivity index (χ3v) is 7.66. The number of nitrogens with one attached hydrogen (secondary N) is 1. The monoisotopic (exact) mass is 529 g/mol. The van der Waals surface area contributed by atoms with Gasteiger partial charge in [0.2, 0.25) is 11.8 Å². The van der Waals surface area contributed by atoms with E-state index in [4.69, 9.17) is 4.74 Å². The van der Waals surface area contributed by atoms with E-state index in [1.54, 1.807) is 12.1 Å². The van der Waals surface area contributed by atoms with Crippen molar-refractivity contribution in [3.8, 4) is 0 Å². The molecule has 1 aliphatic carbocycles. The molecule has 38 heavy (non-hydrogen) atoms. The fraction of sp³-hybridized carbons (Fsp3) is 0.464. The first-order chi connectivity index (χ1) is 18.1. The highest BCUT2D eigenvalue weighted by atomic mass is 19.4. The molecule has 2 saturated heterocycles. The summed E-state index contributed by atoms with van der Waals surface area (Å²) in [5, 5.41) is 2.70. The molecule has 0 bridgehead atoms. The van der Waals surface area contributed by atoms with Crippen LogP contribution in [0.25, 0.3) is 0 Å². The molecule has 1 spiro atoms. The van der Waals surface area contributed by atoms with Crippen LogP contribution in [0.15, 0.2) is 48.5 Å². The van der Waals surface area contributed by atoms with Crippen molar-refractivity contribution in [2.24, 2.45) is 5.92 Å². The number of nitrogens with zero attached hydrogens (tertiary/aromatic N) is 2. The second kappa shape index (κ2) is 10.1. The second-order valence-corrected chi connectivity index (χ2v) is 10.3. The average molecular weight is 530 g/mol. The minimum atomic E-state index is -4.49. The van der Waals surface area contributed by atoms with Crippen LogP contribution in [0.2, 0.25) is 0 Å². The van der Waals surface area contributed by atoms with E-state index in [1.165, 1.54) is 17.0 Å². The zero-order valence-corrected chi connectivity index (χ0v) is 21.1. The van der Waals surface area contributed by atoms with Crippen molar-refractivity contribution in [1.82, 2.24) is 15.1 Å². The summed E-state index contributed by atoms with van der Waals surface area (Å²) in [6.07, 6.45) is -1.93. The van der Waals surface area contributed by atoms with Gasteiger partial charge in [-0.3, -0.25) is 19.3 Å². The van der Waals surface area contributed by atoms with Gasteiger partial charge in [0, 0.05) is 44.0 Å². The second-order valence-electron chi connectivity index (χ2n) is 10.3. The summed E-state index contributed by atoms with van der Waals surface area (Å²) >= 11 is 0. The van der Waals surface area contributed by atoms with Gasteiger partial charge in [0.05, 0.1) is 12.2 Å². The molecule has 2 aromatic carbocycles. The van der Waals surface area contributed by atoms with E-state index < -0.39 is 29.4 Å². The molecule has 1 saturated carbocycles. The van der Waals surface area contributed by atoms with E-state index in [1.807, 2.05) is 24.0 Å². The number of likely N-dealkylation sites (tertiary alicyclic amines) is 1. The average Bonchev–Trinajstić information content (AvgIpc) is 3.69. The molecule has 10 heteroatoms. The lowest BCUT2D eigenvalue weighted by atomic mass is 9.95. The van der Waals surface area contributed by atoms with Gasteiger partial charge in [-0.1, -0.05) is 30.3 Å². The van der Waals surface area contributed by atoms with Crippen LogP contribution in [0.3, 0.4) is 0 Å². The quantitative estimate of drug-likeness (QED) is 0.638. The molecular weight excluding hydrogens is 499 g/mol. The summed E-state index contributed by atoms with van der Waals surface area (Å²) in [5.41, 5.74) is -0.340. The number of piperidine rings is 1. The molecule has 0 radical (unpaired) electrons. The van der Waals surface area contributed by atoms with E-state index in [-0.39, 0.29) is 30.9 Å². The van der Waals surface area contributed by atoms with Gasteiger partial charge in [0.25, 0.3) is 5.91 Å². The highest BCUT2D eigenvalue weighted by Crippen LogP contribution is 2.40. The first kappa shape index (κ1) is 26.2. The summed E-state index contributed by atoms with van der Waals surface area (Å²) in [6, 6.07) is 10.9. The van der Waals surface area contributed by atoms with Crippen molar-refractivity contribution in [3.05, 3.63) is 70.8 Å². The van der Waals surface area contributed by atoms with Gasteiger partial charge in [-0.05, 0) is 49.1 Å². The number of ether oxygens (including phenoxy) is 1. The van der Waals surface area contributed by atoms with Gasteiger partial charge in [0.1, 0.15) is 11.8 Å². The molecule has 2 heterocycles. The number of carbonyl (C=O) groups is 3. The van der Waals surface area contributed by atoms with Crippen LogP contribution in [0.5, 0.6) is 0 Å². The van der Waals surface area contributed by atoms with E-state index >= 15 is 0 Å². The van der Waals surface area contributed by atoms with Gasteiger partial charge in [0.15, 0.2) is 0 Å². The maximum atomic E-state index is 13.9. The number of hydrogen-bond donors (Lipinski definition) is 1. The molecule has 3 fully saturated rings. The Labute approximate surface area is 218 Å². The van der Waals surface area contributed by atoms with Gasteiger partial charge >= 0.3 is 6.18 Å². The summed E-state index contributed by atoms with van der Waals surface area (Å²) in [7, 11) is 0. The number of hydrogen-bond acceptors (Lipinski definition) is 4. The Morgan fingerprint density at radius 2 is 1.76 bits per heavy atom. The molecule has 0 aromatic heterocycles. The van der Waals surface area contributed by atoms with Gasteiger partial charge in [-0.25, -0.2) is 0 Å². The normalized spacial score (nSPS) is 21.0. The number of halogens is 3. The number of rotatable bonds is 5. The fourth-order valence-corrected chi connectivity index (χ4v) is 5.34. The molecule has 2 aromatic rings. The predicted octanol–water partition coefficient (Wildman–Crippen LogP) is 3.90. The minimum Gasteiger partial charge on any atom is -0.353 e. The Balaban J connectivity index is 1.36. The number of aryl methyl sites for hydroxylation is 1. The van der Waals surface area contributed by atoms with Gasteiger partial charge in [-0.2, -0.15) is 13.2 Å². The third kappa shape index (κ3) is 5.14. The Hall–Kier alpha value is -3.40. The van der Waals surface area contributed by atoms with Crippen molar-refractivity contribution >= 4 is 17.7 Å². The molecule has 2 aliphatic heterocycles. The predicted molar refractivity (Wildman–Crippen MR) is 132 cm³/mol. The lowest BCUT2D eigenvalue weighted by Crippen LogP contribution is -2.60. The highest BCUT2D eigenvalue weighted by molar-refractivity contribution is 5.99. The summed E-state index contributed by atoms with van der Waals surface area (Å²) < 4.78 is 45.5. The summed E-state index contributed by atoms with van der Waals surface area (Å²) in [6.45, 7) is 2.50. The Morgan fingerprint density at radius 3 is 2.42 bits per heavy atom. The van der Waals surface area contributed by atoms with E-state index in [9.17, 15) is 27.6 Å².